The van der Waals surface area contributed by atoms with Gasteiger partial charge in [-0.25, -0.2) is 4.90 Å². The Morgan fingerprint density at radius 3 is 2.54 bits per heavy atom. The van der Waals surface area contributed by atoms with E-state index in [2.05, 4.69) is 27.8 Å². The van der Waals surface area contributed by atoms with Crippen LogP contribution in [0.3, 0.4) is 0 Å². The lowest BCUT2D eigenvalue weighted by atomic mass is 9.99. The van der Waals surface area contributed by atoms with Gasteiger partial charge in [-0.2, -0.15) is 0 Å². The first kappa shape index (κ1) is 17.5. The molecule has 1 fully saturated rings. The van der Waals surface area contributed by atoms with Crippen LogP contribution in [0, 0.1) is 5.92 Å². The Balaban J connectivity index is 1.79. The first-order valence-electron chi connectivity index (χ1n) is 8.73. The smallest absolute Gasteiger partial charge is 0.282 e. The van der Waals surface area contributed by atoms with E-state index >= 15 is 0 Å². The average molecular weight is 431 g/mol. The number of imide groups is 1. The molecule has 1 unspecified atom stereocenters. The molecular weight excluding hydrogens is 412 g/mol. The van der Waals surface area contributed by atoms with E-state index in [9.17, 15) is 9.59 Å². The van der Waals surface area contributed by atoms with E-state index in [-0.39, 0.29) is 11.8 Å². The number of carbonyl (C=O) groups is 2. The van der Waals surface area contributed by atoms with Crippen LogP contribution in [0.25, 0.3) is 5.57 Å². The van der Waals surface area contributed by atoms with Crippen LogP contribution in [-0.2, 0) is 9.59 Å². The largest absolute Gasteiger partial charge is 0.366 e. The Morgan fingerprint density at radius 2 is 1.88 bits per heavy atom. The molecule has 26 heavy (non-hydrogen) atoms. The maximum Gasteiger partial charge on any atom is 0.282 e. The zero-order valence-electron chi connectivity index (χ0n) is 14.4. The topological polar surface area (TPSA) is 40.6 Å². The van der Waals surface area contributed by atoms with E-state index in [0.717, 1.165) is 35.3 Å². The lowest BCUT2D eigenvalue weighted by Gasteiger charge is -2.33. The van der Waals surface area contributed by atoms with Crippen LogP contribution in [0.1, 0.15) is 24.6 Å². The van der Waals surface area contributed by atoms with E-state index in [4.69, 9.17) is 0 Å². The molecule has 6 heteroatoms. The van der Waals surface area contributed by atoms with E-state index in [0.29, 0.717) is 22.9 Å². The van der Waals surface area contributed by atoms with E-state index in [1.54, 1.807) is 12.1 Å². The summed E-state index contributed by atoms with van der Waals surface area (Å²) in [5, 5.41) is 1.94. The van der Waals surface area contributed by atoms with Crippen molar-refractivity contribution in [1.82, 2.24) is 4.90 Å². The van der Waals surface area contributed by atoms with Crippen LogP contribution in [0.15, 0.2) is 51.9 Å². The van der Waals surface area contributed by atoms with Crippen molar-refractivity contribution >= 4 is 50.3 Å². The number of halogens is 1. The van der Waals surface area contributed by atoms with Crippen molar-refractivity contribution in [3.8, 4) is 0 Å². The first-order valence-corrected chi connectivity index (χ1v) is 10.4. The van der Waals surface area contributed by atoms with Gasteiger partial charge in [0, 0.05) is 22.4 Å². The Labute approximate surface area is 165 Å². The number of amides is 2. The van der Waals surface area contributed by atoms with E-state index in [1.807, 2.05) is 29.6 Å². The van der Waals surface area contributed by atoms with Gasteiger partial charge < -0.3 is 4.90 Å². The van der Waals surface area contributed by atoms with Crippen molar-refractivity contribution in [3.63, 3.8) is 0 Å². The Bertz CT molecular complexity index is 874. The molecule has 0 aliphatic carbocycles. The Hall–Kier alpha value is -1.92. The van der Waals surface area contributed by atoms with Gasteiger partial charge in [-0.3, -0.25) is 9.59 Å². The predicted molar refractivity (Wildman–Crippen MR) is 108 cm³/mol. The van der Waals surface area contributed by atoms with Crippen LogP contribution < -0.4 is 4.90 Å². The Kier molecular flexibility index (Phi) is 4.71. The van der Waals surface area contributed by atoms with Gasteiger partial charge in [0.2, 0.25) is 0 Å². The third-order valence-corrected chi connectivity index (χ3v) is 6.30. The zero-order chi connectivity index (χ0) is 18.3. The van der Waals surface area contributed by atoms with E-state index < -0.39 is 0 Å². The van der Waals surface area contributed by atoms with Crippen molar-refractivity contribution in [1.29, 1.82) is 0 Å². The summed E-state index contributed by atoms with van der Waals surface area (Å²) in [7, 11) is 0. The number of likely N-dealkylation sites (tertiary alicyclic amines) is 1. The number of hydrogen-bond donors (Lipinski definition) is 0. The van der Waals surface area contributed by atoms with Gasteiger partial charge >= 0.3 is 0 Å². The van der Waals surface area contributed by atoms with Gasteiger partial charge in [-0.05, 0) is 54.5 Å². The second-order valence-electron chi connectivity index (χ2n) is 6.82. The zero-order valence-corrected chi connectivity index (χ0v) is 16.8. The molecule has 0 saturated carbocycles. The molecular formula is C20H19BrN2O2S. The van der Waals surface area contributed by atoms with Crippen molar-refractivity contribution in [2.24, 2.45) is 5.92 Å². The van der Waals surface area contributed by atoms with Crippen molar-refractivity contribution in [3.05, 3.63) is 56.8 Å². The number of hydrogen-bond acceptors (Lipinski definition) is 4. The molecule has 1 saturated heterocycles. The second kappa shape index (κ2) is 7.00. The molecule has 0 N–H and O–H groups in total. The van der Waals surface area contributed by atoms with Gasteiger partial charge in [0.05, 0.1) is 11.3 Å². The fourth-order valence-electron chi connectivity index (χ4n) is 3.67. The molecule has 0 bridgehead atoms. The second-order valence-corrected chi connectivity index (χ2v) is 8.68. The summed E-state index contributed by atoms with van der Waals surface area (Å²) in [6.45, 7) is 3.84. The third-order valence-electron chi connectivity index (χ3n) is 4.89. The number of rotatable bonds is 3. The summed E-state index contributed by atoms with van der Waals surface area (Å²) in [6, 6.07) is 11.1. The molecule has 2 aliphatic rings. The molecule has 4 nitrogen and oxygen atoms in total. The van der Waals surface area contributed by atoms with Crippen LogP contribution in [0.2, 0.25) is 0 Å². The monoisotopic (exact) mass is 430 g/mol. The summed E-state index contributed by atoms with van der Waals surface area (Å²) in [5.41, 5.74) is 1.71. The van der Waals surface area contributed by atoms with Crippen molar-refractivity contribution in [2.75, 3.05) is 18.0 Å². The van der Waals surface area contributed by atoms with Crippen LogP contribution >= 0.6 is 27.3 Å². The number of nitrogens with zero attached hydrogens (tertiary/aromatic N) is 2. The maximum atomic E-state index is 13.3. The maximum absolute atomic E-state index is 13.3. The summed E-state index contributed by atoms with van der Waals surface area (Å²) in [6.07, 6.45) is 2.21. The minimum Gasteiger partial charge on any atom is -0.366 e. The van der Waals surface area contributed by atoms with Gasteiger partial charge in [0.25, 0.3) is 11.8 Å². The minimum absolute atomic E-state index is 0.213. The molecule has 1 atom stereocenters. The molecule has 2 aliphatic heterocycles. The molecule has 134 valence electrons. The number of thiophene rings is 1. The average Bonchev–Trinajstić information content (AvgIpc) is 3.22. The number of carbonyl (C=O) groups excluding carboxylic acids is 2. The highest BCUT2D eigenvalue weighted by atomic mass is 79.9. The quantitative estimate of drug-likeness (QED) is 0.671. The lowest BCUT2D eigenvalue weighted by molar-refractivity contribution is -0.120. The normalized spacial score (nSPS) is 21.1. The number of benzene rings is 1. The number of anilines is 1. The fourth-order valence-corrected chi connectivity index (χ4v) is 4.70. The highest BCUT2D eigenvalue weighted by Crippen LogP contribution is 2.38. The highest BCUT2D eigenvalue weighted by Gasteiger charge is 2.43. The number of piperidine rings is 1. The SMILES string of the molecule is CC1CCCN(C2=C(c3cccs3)C(=O)N(c3ccc(Br)cc3)C2=O)C1. The first-order chi connectivity index (χ1) is 12.6. The van der Waals surface area contributed by atoms with Gasteiger partial charge in [-0.1, -0.05) is 28.9 Å². The van der Waals surface area contributed by atoms with E-state index in [1.165, 1.54) is 16.2 Å². The van der Waals surface area contributed by atoms with Crippen molar-refractivity contribution in [2.45, 2.75) is 19.8 Å². The third kappa shape index (κ3) is 3.01. The minimum atomic E-state index is -0.229. The highest BCUT2D eigenvalue weighted by molar-refractivity contribution is 9.10. The fraction of sp³-hybridized carbons (Fsp3) is 0.300. The van der Waals surface area contributed by atoms with Gasteiger partial charge in [0.1, 0.15) is 5.70 Å². The summed E-state index contributed by atoms with van der Waals surface area (Å²) in [4.78, 5) is 30.8. The molecule has 1 aromatic carbocycles. The van der Waals surface area contributed by atoms with Gasteiger partial charge in [-0.15, -0.1) is 11.3 Å². The van der Waals surface area contributed by atoms with Crippen LogP contribution in [-0.4, -0.2) is 29.8 Å². The summed E-state index contributed by atoms with van der Waals surface area (Å²) >= 11 is 4.91. The predicted octanol–water partition coefficient (Wildman–Crippen LogP) is 4.53. The molecule has 0 radical (unpaired) electrons. The molecule has 0 spiro atoms. The summed E-state index contributed by atoms with van der Waals surface area (Å²) < 4.78 is 0.914. The molecule has 1 aromatic heterocycles. The standard InChI is InChI=1S/C20H19BrN2O2S/c1-13-4-2-10-22(12-13)18-17(16-5-3-11-26-16)19(24)23(20(18)25)15-8-6-14(21)7-9-15/h3,5-9,11,13H,2,4,10,12H2,1H3. The van der Waals surface area contributed by atoms with Gasteiger partial charge in [0.15, 0.2) is 0 Å². The molecule has 3 heterocycles. The van der Waals surface area contributed by atoms with Crippen molar-refractivity contribution < 1.29 is 9.59 Å². The Morgan fingerprint density at radius 1 is 1.12 bits per heavy atom. The van der Waals surface area contributed by atoms with Crippen LogP contribution in [0.5, 0.6) is 0 Å². The molecule has 2 aromatic rings. The van der Waals surface area contributed by atoms with Crippen LogP contribution in [0.4, 0.5) is 5.69 Å². The molecule has 4 rings (SSSR count). The molecule has 2 amide bonds. The lowest BCUT2D eigenvalue weighted by Crippen LogP contribution is -2.39. The summed E-state index contributed by atoms with van der Waals surface area (Å²) in [5.74, 6) is 0.0771.